The number of aryl methyl sites for hydroxylation is 1. The van der Waals surface area contributed by atoms with Crippen LogP contribution in [0.25, 0.3) is 0 Å². The van der Waals surface area contributed by atoms with E-state index in [4.69, 9.17) is 16.2 Å². The van der Waals surface area contributed by atoms with E-state index in [1.54, 1.807) is 4.90 Å². The number of unbranched alkanes of at least 4 members (excludes halogenated alkanes) is 3. The molecular formula is C27H38N4O5. The van der Waals surface area contributed by atoms with E-state index >= 15 is 0 Å². The molecule has 2 atom stereocenters. The molecule has 0 spiro atoms. The Morgan fingerprint density at radius 1 is 1.06 bits per heavy atom. The normalized spacial score (nSPS) is 17.6. The molecule has 9 nitrogen and oxygen atoms in total. The van der Waals surface area contributed by atoms with Crippen molar-refractivity contribution in [2.24, 2.45) is 11.5 Å². The van der Waals surface area contributed by atoms with Crippen LogP contribution in [0.5, 0.6) is 0 Å². The third-order valence-corrected chi connectivity index (χ3v) is 6.66. The van der Waals surface area contributed by atoms with Gasteiger partial charge in [0.1, 0.15) is 6.04 Å². The number of carbonyl (C=O) groups excluding carboxylic acids is 4. The number of allylic oxidation sites excluding steroid dienone is 1. The topological polar surface area (TPSA) is 145 Å². The van der Waals surface area contributed by atoms with E-state index in [1.807, 2.05) is 30.4 Å². The van der Waals surface area contributed by atoms with E-state index < -0.39 is 18.0 Å². The predicted molar refractivity (Wildman–Crippen MR) is 137 cm³/mol. The first-order chi connectivity index (χ1) is 17.4. The van der Waals surface area contributed by atoms with Gasteiger partial charge in [0.05, 0.1) is 24.9 Å². The lowest BCUT2D eigenvalue weighted by atomic mass is 10.0. The van der Waals surface area contributed by atoms with Crippen molar-refractivity contribution in [3.05, 3.63) is 41.5 Å². The highest BCUT2D eigenvalue weighted by molar-refractivity contribution is 6.04. The Balaban J connectivity index is 1.51. The molecule has 1 aromatic carbocycles. The quantitative estimate of drug-likeness (QED) is 0.250. The molecule has 0 bridgehead atoms. The van der Waals surface area contributed by atoms with Crippen molar-refractivity contribution in [3.63, 3.8) is 0 Å². The number of anilines is 1. The van der Waals surface area contributed by atoms with Crippen LogP contribution in [0.15, 0.2) is 30.4 Å². The Hall–Kier alpha value is -3.20. The first kappa shape index (κ1) is 27.4. The zero-order valence-electron chi connectivity index (χ0n) is 20.9. The van der Waals surface area contributed by atoms with Crippen LogP contribution in [-0.2, 0) is 36.8 Å². The van der Waals surface area contributed by atoms with Crippen LogP contribution in [0.4, 0.5) is 5.69 Å². The summed E-state index contributed by atoms with van der Waals surface area (Å²) in [5.74, 6) is -0.969. The number of nitrogens with zero attached hydrogens (tertiary/aromatic N) is 1. The van der Waals surface area contributed by atoms with Crippen LogP contribution in [0.1, 0.15) is 68.9 Å². The third kappa shape index (κ3) is 7.91. The van der Waals surface area contributed by atoms with E-state index in [1.165, 1.54) is 0 Å². The Bertz CT molecular complexity index is 977. The van der Waals surface area contributed by atoms with Gasteiger partial charge in [0.25, 0.3) is 0 Å². The lowest BCUT2D eigenvalue weighted by Gasteiger charge is -2.27. The Morgan fingerprint density at radius 2 is 1.83 bits per heavy atom. The molecule has 5 N–H and O–H groups in total. The first-order valence-corrected chi connectivity index (χ1v) is 12.9. The Labute approximate surface area is 212 Å². The second-order valence-corrected chi connectivity index (χ2v) is 9.55. The Morgan fingerprint density at radius 3 is 2.61 bits per heavy atom. The van der Waals surface area contributed by atoms with Gasteiger partial charge in [0.2, 0.25) is 23.6 Å². The SMILES string of the molecule is NC(=O)CCCCC/C=C\COC[C@H](CCC(N)=O)NC(=O)[C@@H]1Cc2cccc3c2N1C(=O)CCC3. The monoisotopic (exact) mass is 498 g/mol. The number of nitrogens with one attached hydrogen (secondary N) is 1. The second kappa shape index (κ2) is 13.8. The van der Waals surface area contributed by atoms with E-state index in [-0.39, 0.29) is 30.7 Å². The lowest BCUT2D eigenvalue weighted by molar-refractivity contribution is -0.127. The molecule has 4 amide bonds. The van der Waals surface area contributed by atoms with Crippen LogP contribution in [0.2, 0.25) is 0 Å². The largest absolute Gasteiger partial charge is 0.375 e. The van der Waals surface area contributed by atoms with Crippen molar-refractivity contribution in [1.29, 1.82) is 0 Å². The summed E-state index contributed by atoms with van der Waals surface area (Å²) in [6, 6.07) is 5.01. The molecule has 0 saturated carbocycles. The molecule has 36 heavy (non-hydrogen) atoms. The van der Waals surface area contributed by atoms with E-state index in [9.17, 15) is 19.2 Å². The van der Waals surface area contributed by atoms with Gasteiger partial charge in [-0.25, -0.2) is 0 Å². The van der Waals surface area contributed by atoms with Crippen molar-refractivity contribution in [1.82, 2.24) is 5.32 Å². The highest BCUT2D eigenvalue weighted by Gasteiger charge is 2.40. The number of rotatable bonds is 15. The summed E-state index contributed by atoms with van der Waals surface area (Å²) < 4.78 is 5.74. The van der Waals surface area contributed by atoms with Crippen LogP contribution in [0, 0.1) is 0 Å². The lowest BCUT2D eigenvalue weighted by Crippen LogP contribution is -2.51. The third-order valence-electron chi connectivity index (χ3n) is 6.66. The molecule has 2 aliphatic rings. The maximum atomic E-state index is 13.3. The predicted octanol–water partition coefficient (Wildman–Crippen LogP) is 2.04. The van der Waals surface area contributed by atoms with Gasteiger partial charge in [-0.1, -0.05) is 36.8 Å². The number of benzene rings is 1. The fraction of sp³-hybridized carbons (Fsp3) is 0.556. The zero-order valence-corrected chi connectivity index (χ0v) is 20.9. The van der Waals surface area contributed by atoms with Gasteiger partial charge < -0.3 is 21.5 Å². The molecule has 0 aliphatic carbocycles. The molecule has 196 valence electrons. The second-order valence-electron chi connectivity index (χ2n) is 9.55. The number of carbonyl (C=O) groups is 4. The number of para-hydroxylation sites is 1. The van der Waals surface area contributed by atoms with Crippen molar-refractivity contribution >= 4 is 29.3 Å². The number of nitrogens with two attached hydrogens (primary N) is 2. The zero-order chi connectivity index (χ0) is 25.9. The molecule has 2 heterocycles. The van der Waals surface area contributed by atoms with Gasteiger partial charge in [0, 0.05) is 25.7 Å². The summed E-state index contributed by atoms with van der Waals surface area (Å²) in [5, 5.41) is 3.00. The van der Waals surface area contributed by atoms with Crippen LogP contribution in [-0.4, -0.2) is 48.9 Å². The molecule has 0 saturated heterocycles. The standard InChI is InChI=1S/C27H38N4O5/c28-23(32)12-5-3-1-2-4-6-16-36-18-21(14-15-24(29)33)30-27(35)22-17-20-11-7-9-19-10-8-13-25(34)31(22)26(19)20/h4,6-7,9,11,21-22H,1-3,5,8,10,12-18H2,(H2,28,32)(H2,29,33)(H,30,35)/b6-4-/t21-,22-/m0/s1. The minimum Gasteiger partial charge on any atom is -0.375 e. The molecule has 0 aromatic heterocycles. The molecule has 2 aliphatic heterocycles. The summed E-state index contributed by atoms with van der Waals surface area (Å²) in [6.45, 7) is 0.619. The van der Waals surface area contributed by atoms with E-state index in [0.29, 0.717) is 32.3 Å². The summed E-state index contributed by atoms with van der Waals surface area (Å²) in [4.78, 5) is 50.0. The summed E-state index contributed by atoms with van der Waals surface area (Å²) in [7, 11) is 0. The summed E-state index contributed by atoms with van der Waals surface area (Å²) in [6.07, 6.45) is 11.0. The molecule has 0 radical (unpaired) electrons. The average Bonchev–Trinajstić information content (AvgIpc) is 3.15. The molecule has 3 rings (SSSR count). The Kier molecular flexibility index (Phi) is 10.5. The molecule has 0 unspecified atom stereocenters. The van der Waals surface area contributed by atoms with Gasteiger partial charge >= 0.3 is 0 Å². The van der Waals surface area contributed by atoms with Crippen LogP contribution >= 0.6 is 0 Å². The highest BCUT2D eigenvalue weighted by atomic mass is 16.5. The fourth-order valence-corrected chi connectivity index (χ4v) is 4.85. The van der Waals surface area contributed by atoms with Gasteiger partial charge in [0.15, 0.2) is 0 Å². The maximum absolute atomic E-state index is 13.3. The van der Waals surface area contributed by atoms with Crippen molar-refractivity contribution < 1.29 is 23.9 Å². The molecule has 9 heteroatoms. The summed E-state index contributed by atoms with van der Waals surface area (Å²) >= 11 is 0. The van der Waals surface area contributed by atoms with Gasteiger partial charge in [-0.3, -0.25) is 24.1 Å². The molecule has 0 fully saturated rings. The fourth-order valence-electron chi connectivity index (χ4n) is 4.85. The van der Waals surface area contributed by atoms with Gasteiger partial charge in [-0.15, -0.1) is 0 Å². The number of ether oxygens (including phenoxy) is 1. The summed E-state index contributed by atoms with van der Waals surface area (Å²) in [5.41, 5.74) is 13.5. The van der Waals surface area contributed by atoms with Crippen LogP contribution < -0.4 is 21.7 Å². The minimum atomic E-state index is -0.600. The molecule has 1 aromatic rings. The minimum absolute atomic E-state index is 0.0245. The highest BCUT2D eigenvalue weighted by Crippen LogP contribution is 2.38. The smallest absolute Gasteiger partial charge is 0.243 e. The van der Waals surface area contributed by atoms with Crippen molar-refractivity contribution in [3.8, 4) is 0 Å². The first-order valence-electron chi connectivity index (χ1n) is 12.9. The van der Waals surface area contributed by atoms with Crippen molar-refractivity contribution in [2.75, 3.05) is 18.1 Å². The molecular weight excluding hydrogens is 460 g/mol. The number of hydrogen-bond acceptors (Lipinski definition) is 5. The maximum Gasteiger partial charge on any atom is 0.243 e. The van der Waals surface area contributed by atoms with Crippen molar-refractivity contribution in [2.45, 2.75) is 82.7 Å². The van der Waals surface area contributed by atoms with E-state index in [0.717, 1.165) is 55.3 Å². The number of primary amides is 2. The van der Waals surface area contributed by atoms with Gasteiger partial charge in [-0.2, -0.15) is 0 Å². The van der Waals surface area contributed by atoms with Crippen LogP contribution in [0.3, 0.4) is 0 Å². The number of amides is 4. The van der Waals surface area contributed by atoms with Gasteiger partial charge in [-0.05, 0) is 49.7 Å². The van der Waals surface area contributed by atoms with E-state index in [2.05, 4.69) is 5.32 Å². The average molecular weight is 499 g/mol. The number of hydrogen-bond donors (Lipinski definition) is 3.